The number of hydrogen-bond donors (Lipinski definition) is 38. The van der Waals surface area contributed by atoms with E-state index in [0.717, 1.165) is 20.8 Å². The summed E-state index contributed by atoms with van der Waals surface area (Å²) in [4.78, 5) is 39.1. The topological polar surface area (TPSA) is 1010 Å². The summed E-state index contributed by atoms with van der Waals surface area (Å²) in [6, 6.07) is -6.01. The van der Waals surface area contributed by atoms with Gasteiger partial charge in [0.15, 0.2) is 75.5 Å². The predicted octanol–water partition coefficient (Wildman–Crippen LogP) is -26.7. The van der Waals surface area contributed by atoms with Gasteiger partial charge in [0.05, 0.1) is 79.3 Å². The molecule has 0 spiro atoms. The maximum Gasteiger partial charge on any atom is 0.217 e. The molecule has 64 heteroatoms. The van der Waals surface area contributed by atoms with Crippen LogP contribution in [0.4, 0.5) is 0 Å². The minimum absolute atomic E-state index is 0.856. The van der Waals surface area contributed by atoms with Crippen molar-refractivity contribution >= 4 is 17.7 Å². The zero-order chi connectivity index (χ0) is 104. The van der Waals surface area contributed by atoms with E-state index in [1.165, 1.54) is 0 Å². The van der Waals surface area contributed by atoms with Crippen LogP contribution in [0.2, 0.25) is 0 Å². The molecule has 12 heterocycles. The first kappa shape index (κ1) is 117. The largest absolute Gasteiger partial charge is 0.394 e. The Labute approximate surface area is 801 Å². The van der Waals surface area contributed by atoms with Gasteiger partial charge in [0.2, 0.25) is 17.7 Å². The molecule has 0 aromatic rings. The van der Waals surface area contributed by atoms with Gasteiger partial charge in [0.1, 0.15) is 293 Å². The fraction of sp³-hybridized carbons (Fsp3) is 0.962. The van der Waals surface area contributed by atoms with Crippen molar-refractivity contribution < 1.29 is 302 Å². The molecule has 60 atom stereocenters. The second-order valence-corrected chi connectivity index (χ2v) is 35.9. The number of carbonyl (C=O) groups is 3. The van der Waals surface area contributed by atoms with Crippen molar-refractivity contribution in [1.82, 2.24) is 16.0 Å². The second kappa shape index (κ2) is 51.0. The van der Waals surface area contributed by atoms with Crippen LogP contribution >= 0.6 is 0 Å². The molecule has 3 amide bonds. The lowest BCUT2D eigenvalue weighted by molar-refractivity contribution is -0.415. The van der Waals surface area contributed by atoms with Crippen molar-refractivity contribution in [3.8, 4) is 0 Å². The minimum Gasteiger partial charge on any atom is -0.394 e. The zero-order valence-electron chi connectivity index (χ0n) is 75.4. The molecule has 1 unspecified atom stereocenters. The number of carbonyl (C=O) groups excluding carboxylic acids is 3. The Balaban J connectivity index is 0.991. The summed E-state index contributed by atoms with van der Waals surface area (Å²) in [5.41, 5.74) is 0. The third-order valence-electron chi connectivity index (χ3n) is 26.3. The van der Waals surface area contributed by atoms with Crippen molar-refractivity contribution in [2.75, 3.05) is 79.3 Å². The van der Waals surface area contributed by atoms with Crippen LogP contribution in [0.25, 0.3) is 0 Å². The molecule has 0 saturated carbocycles. The Morgan fingerprint density at radius 1 is 0.183 bits per heavy atom. The van der Waals surface area contributed by atoms with Gasteiger partial charge in [-0.05, 0) is 0 Å². The van der Waals surface area contributed by atoms with Crippen LogP contribution in [0.1, 0.15) is 20.8 Å². The molecule has 12 aliphatic rings. The average molecular weight is 2090 g/mol. The Kier molecular flexibility index (Phi) is 41.9. The highest BCUT2D eigenvalue weighted by Gasteiger charge is 2.64. The summed E-state index contributed by atoms with van der Waals surface area (Å²) in [5.74, 6) is -2.99. The number of aliphatic hydroxyl groups is 35. The normalized spacial score (nSPS) is 51.0. The van der Waals surface area contributed by atoms with E-state index in [9.17, 15) is 193 Å². The number of nitrogens with one attached hydrogen (secondary N) is 3. The summed E-state index contributed by atoms with van der Waals surface area (Å²) < 4.78 is 139. The lowest BCUT2D eigenvalue weighted by Gasteiger charge is -2.52. The van der Waals surface area contributed by atoms with Gasteiger partial charge >= 0.3 is 0 Å². The predicted molar refractivity (Wildman–Crippen MR) is 430 cm³/mol. The number of rotatable bonds is 37. The summed E-state index contributed by atoms with van der Waals surface area (Å²) in [7, 11) is 0. The highest BCUT2D eigenvalue weighted by Crippen LogP contribution is 2.43. The molecule has 824 valence electrons. The molecule has 0 aliphatic carbocycles. The standard InChI is InChI=1S/C78H131N3O61/c1-16(92)79-31-44(105)58(27(12-90)122-67(31)119)134-69-33(81-18(3)94)45(106)59(28(13-91)131-69)135-74-57(118)62(138-77-66(52(113)41(102)25(10-88)129-77)142-78-65(51(112)40(101)26(11-89)130-78)141-73-55(116)48(109)37(98)22(7-85)126-73)60(136-68-32(80-17(2)93)43(104)34(95)19(4-82)123-68)30(133-74)15-120-70-56(117)61(137-76-64(50(111)39(100)24(9-87)128-76)140-72-54(115)47(108)36(97)21(6-84)125-72)42(103)29(132-70)14-121-75-63(49(110)38(99)23(8-86)127-75)139-71-53(114)46(107)35(96)20(5-83)124-71/h19-78,82-91,95-119H,4-15H2,1-3H3,(H,79,92)(H,80,93)(H,81,94)/t19-,20-,21-,22-,23-,24-,25-,26-,27-,28-,29-,30-,31-,32-,33-,34-,35-,36-,37-,38-,39-,40-,41-,42-,43-,44-,45-,46+,47+,48+,49+,50+,51+,52+,53+,54+,55+,56+,57+,58-,59-,60-,61+,62-,63+,64+,65+,66+,67?,68+,69+,70+,71-,72-,73-,74+,75+,76-,77-,78-/m1/s1. The van der Waals surface area contributed by atoms with E-state index in [0.29, 0.717) is 0 Å². The van der Waals surface area contributed by atoms with Crippen LogP contribution in [0.3, 0.4) is 0 Å². The summed E-state index contributed by atoms with van der Waals surface area (Å²) >= 11 is 0. The molecule has 0 radical (unpaired) electrons. The van der Waals surface area contributed by atoms with E-state index in [2.05, 4.69) is 16.0 Å². The van der Waals surface area contributed by atoms with Crippen LogP contribution in [0.5, 0.6) is 0 Å². The molecule has 38 N–H and O–H groups in total. The Morgan fingerprint density at radius 3 is 0.796 bits per heavy atom. The molecular formula is C78H131N3O61. The smallest absolute Gasteiger partial charge is 0.217 e. The quantitative estimate of drug-likeness (QED) is 0.0275. The van der Waals surface area contributed by atoms with Crippen LogP contribution in [0, 0.1) is 0 Å². The van der Waals surface area contributed by atoms with Crippen LogP contribution < -0.4 is 16.0 Å². The third-order valence-corrected chi connectivity index (χ3v) is 26.3. The fourth-order valence-electron chi connectivity index (χ4n) is 18.3. The Bertz CT molecular complexity index is 3860. The molecule has 12 fully saturated rings. The molecule has 0 aromatic carbocycles. The number of aliphatic hydroxyl groups excluding tert-OH is 35. The first-order valence-electron chi connectivity index (χ1n) is 45.2. The van der Waals surface area contributed by atoms with Crippen molar-refractivity contribution in [3.63, 3.8) is 0 Å². The van der Waals surface area contributed by atoms with E-state index in [-0.39, 0.29) is 0 Å². The molecular weight excluding hydrogens is 1950 g/mol. The van der Waals surface area contributed by atoms with Gasteiger partial charge in [-0.2, -0.15) is 0 Å². The highest BCUT2D eigenvalue weighted by molar-refractivity contribution is 5.74. The van der Waals surface area contributed by atoms with Crippen molar-refractivity contribution in [3.05, 3.63) is 0 Å². The molecule has 64 nitrogen and oxygen atoms in total. The average Bonchev–Trinajstić information content (AvgIpc) is 0.748. The summed E-state index contributed by atoms with van der Waals surface area (Å²) in [6.45, 7) is -12.2. The van der Waals surface area contributed by atoms with Crippen molar-refractivity contribution in [2.45, 2.75) is 389 Å². The molecule has 0 aromatic heterocycles. The number of amides is 3. The lowest BCUT2D eigenvalue weighted by atomic mass is 9.93. The second-order valence-electron chi connectivity index (χ2n) is 35.9. The lowest BCUT2D eigenvalue weighted by Crippen LogP contribution is -2.71. The van der Waals surface area contributed by atoms with Gasteiger partial charge in [-0.3, -0.25) is 14.4 Å². The highest BCUT2D eigenvalue weighted by atomic mass is 16.8. The zero-order valence-corrected chi connectivity index (χ0v) is 75.4. The summed E-state index contributed by atoms with van der Waals surface area (Å²) in [5, 5.41) is 402. The summed E-state index contributed by atoms with van der Waals surface area (Å²) in [6.07, 6.45) is -131. The van der Waals surface area contributed by atoms with Gasteiger partial charge in [-0.1, -0.05) is 0 Å². The molecule has 142 heavy (non-hydrogen) atoms. The number of ether oxygens (including phenoxy) is 23. The van der Waals surface area contributed by atoms with Gasteiger partial charge in [0.25, 0.3) is 0 Å². The maximum absolute atomic E-state index is 13.5. The molecule has 12 saturated heterocycles. The first-order chi connectivity index (χ1) is 67.3. The van der Waals surface area contributed by atoms with E-state index in [1.54, 1.807) is 0 Å². The van der Waals surface area contributed by atoms with Crippen LogP contribution in [-0.4, -0.2) is 644 Å². The van der Waals surface area contributed by atoms with E-state index in [4.69, 9.17) is 109 Å². The minimum atomic E-state index is -2.90. The van der Waals surface area contributed by atoms with E-state index < -0.39 is 465 Å². The van der Waals surface area contributed by atoms with Gasteiger partial charge in [-0.15, -0.1) is 0 Å². The monoisotopic (exact) mass is 2090 g/mol. The van der Waals surface area contributed by atoms with Crippen LogP contribution in [-0.2, 0) is 123 Å². The van der Waals surface area contributed by atoms with E-state index in [1.807, 2.05) is 0 Å². The van der Waals surface area contributed by atoms with E-state index >= 15 is 0 Å². The molecule has 12 rings (SSSR count). The maximum atomic E-state index is 13.5. The molecule has 0 bridgehead atoms. The van der Waals surface area contributed by atoms with Gasteiger partial charge < -0.3 is 304 Å². The SMILES string of the molecule is CC(=O)N[C@H]1[C@H](O[C@H]2[C@H](O)[C@@H](NC(C)=O)C(O)O[C@@H]2CO)O[C@H](CO)[C@@H](O[C@@H]2O[C@H](CO[C@H]3O[C@H](CO[C@H]4O[C@H](CO)[C@@H](O)[C@H](O)[C@@H]4O[C@H]4O[C@H](CO)[C@@H](O)[C@H](O)[C@@H]4O)[C@@H](O)[C@H](O[C@H]4O[C@H](CO)[C@@H](O)[C@H](O)[C@@H]4O[C@H]4O[C@H](CO)[C@@H](O)[C@H](O)[C@@H]4O)[C@@H]3O)[C@@H](O[C@@H]3O[C@H](CO)[C@@H](O)[C@H](O)[C@H]3NC(C)=O)[C@H](O[C@H]3O[C@H](CO)[C@@H](O)[C@H](O)[C@@H]3O[C@H]3O[C@H](CO)[C@@H](O)[C@H](O)[C@@H]3O[C@H]3O[C@H](CO)[C@@H](O)[C@H](O)[C@@H]3O)[C@@H]2O)[C@@H]1O. The van der Waals surface area contributed by atoms with Gasteiger partial charge in [0, 0.05) is 20.8 Å². The first-order valence-corrected chi connectivity index (χ1v) is 45.2. The Morgan fingerprint density at radius 2 is 0.415 bits per heavy atom. The van der Waals surface area contributed by atoms with Crippen LogP contribution in [0.15, 0.2) is 0 Å². The van der Waals surface area contributed by atoms with Crippen molar-refractivity contribution in [1.29, 1.82) is 0 Å². The fourth-order valence-corrected chi connectivity index (χ4v) is 18.3. The number of hydrogen-bond acceptors (Lipinski definition) is 61. The van der Waals surface area contributed by atoms with Crippen molar-refractivity contribution in [2.24, 2.45) is 0 Å². The third kappa shape index (κ3) is 25.2. The van der Waals surface area contributed by atoms with Gasteiger partial charge in [-0.25, -0.2) is 0 Å². The molecule has 12 aliphatic heterocycles. The Hall–Kier alpha value is -3.91.